The molecule has 0 radical (unpaired) electrons. The SMILES string of the molecule is COc1cc(OC)c2nc3c(c(OC)c2c1)CC(C(C)(C)O)O3. The van der Waals surface area contributed by atoms with E-state index in [2.05, 4.69) is 4.98 Å². The molecule has 23 heavy (non-hydrogen) atoms. The zero-order valence-corrected chi connectivity index (χ0v) is 14.0. The van der Waals surface area contributed by atoms with Gasteiger partial charge in [-0.05, 0) is 19.9 Å². The van der Waals surface area contributed by atoms with Gasteiger partial charge in [-0.3, -0.25) is 0 Å². The van der Waals surface area contributed by atoms with Crippen LogP contribution in [0.3, 0.4) is 0 Å². The fraction of sp³-hybridized carbons (Fsp3) is 0.471. The van der Waals surface area contributed by atoms with Crippen LogP contribution in [0.5, 0.6) is 23.1 Å². The number of nitrogens with zero attached hydrogens (tertiary/aromatic N) is 1. The quantitative estimate of drug-likeness (QED) is 0.933. The second-order valence-electron chi connectivity index (χ2n) is 6.12. The molecule has 1 aromatic heterocycles. The molecule has 1 atom stereocenters. The van der Waals surface area contributed by atoms with Crippen LogP contribution in [-0.2, 0) is 6.42 Å². The van der Waals surface area contributed by atoms with Crippen molar-refractivity contribution in [2.24, 2.45) is 0 Å². The molecule has 2 aromatic rings. The first-order valence-corrected chi connectivity index (χ1v) is 7.40. The number of hydrogen-bond acceptors (Lipinski definition) is 6. The summed E-state index contributed by atoms with van der Waals surface area (Å²) in [6, 6.07) is 3.63. The minimum absolute atomic E-state index is 0.372. The van der Waals surface area contributed by atoms with E-state index in [9.17, 15) is 5.11 Å². The van der Waals surface area contributed by atoms with Crippen molar-refractivity contribution in [3.63, 3.8) is 0 Å². The Hall–Kier alpha value is -2.21. The van der Waals surface area contributed by atoms with Crippen molar-refractivity contribution in [2.45, 2.75) is 32.0 Å². The molecule has 124 valence electrons. The van der Waals surface area contributed by atoms with Gasteiger partial charge in [0.25, 0.3) is 0 Å². The third kappa shape index (κ3) is 2.53. The normalized spacial score (nSPS) is 16.9. The van der Waals surface area contributed by atoms with Crippen LogP contribution in [0.25, 0.3) is 10.9 Å². The Labute approximate surface area is 134 Å². The molecular formula is C17H21NO5. The minimum atomic E-state index is -0.973. The molecule has 1 aromatic carbocycles. The summed E-state index contributed by atoms with van der Waals surface area (Å²) in [6.07, 6.45) is 0.161. The van der Waals surface area contributed by atoms with Crippen LogP contribution in [0.2, 0.25) is 0 Å². The predicted octanol–water partition coefficient (Wildman–Crippen LogP) is 2.34. The van der Waals surface area contributed by atoms with E-state index in [1.807, 2.05) is 6.07 Å². The third-order valence-electron chi connectivity index (χ3n) is 4.13. The van der Waals surface area contributed by atoms with E-state index >= 15 is 0 Å². The lowest BCUT2D eigenvalue weighted by atomic mass is 9.96. The van der Waals surface area contributed by atoms with Crippen molar-refractivity contribution in [3.05, 3.63) is 17.7 Å². The van der Waals surface area contributed by atoms with Crippen molar-refractivity contribution in [3.8, 4) is 23.1 Å². The smallest absolute Gasteiger partial charge is 0.221 e. The summed E-state index contributed by atoms with van der Waals surface area (Å²) in [5.41, 5.74) is 0.516. The number of ether oxygens (including phenoxy) is 4. The molecule has 0 spiro atoms. The van der Waals surface area contributed by atoms with E-state index in [0.717, 1.165) is 10.9 Å². The van der Waals surface area contributed by atoms with Crippen LogP contribution in [-0.4, -0.2) is 43.1 Å². The first-order valence-electron chi connectivity index (χ1n) is 7.40. The zero-order chi connectivity index (χ0) is 16.8. The maximum Gasteiger partial charge on any atom is 0.221 e. The van der Waals surface area contributed by atoms with E-state index in [1.54, 1.807) is 41.2 Å². The summed E-state index contributed by atoms with van der Waals surface area (Å²) in [7, 11) is 4.79. The van der Waals surface area contributed by atoms with E-state index in [4.69, 9.17) is 18.9 Å². The number of rotatable bonds is 4. The number of pyridine rings is 1. The molecule has 1 aliphatic heterocycles. The van der Waals surface area contributed by atoms with Gasteiger partial charge in [0.1, 0.15) is 28.9 Å². The molecule has 1 unspecified atom stereocenters. The van der Waals surface area contributed by atoms with E-state index in [0.29, 0.717) is 35.1 Å². The van der Waals surface area contributed by atoms with Crippen molar-refractivity contribution in [2.75, 3.05) is 21.3 Å². The molecule has 6 nitrogen and oxygen atoms in total. The summed E-state index contributed by atoms with van der Waals surface area (Å²) < 4.78 is 22.2. The molecule has 3 rings (SSSR count). The highest BCUT2D eigenvalue weighted by Gasteiger charge is 2.38. The van der Waals surface area contributed by atoms with E-state index < -0.39 is 5.60 Å². The van der Waals surface area contributed by atoms with Gasteiger partial charge >= 0.3 is 0 Å². The molecule has 0 saturated heterocycles. The minimum Gasteiger partial charge on any atom is -0.497 e. The number of hydrogen-bond donors (Lipinski definition) is 1. The maximum atomic E-state index is 10.2. The molecule has 2 heterocycles. The zero-order valence-electron chi connectivity index (χ0n) is 14.0. The number of aromatic nitrogens is 1. The monoisotopic (exact) mass is 319 g/mol. The van der Waals surface area contributed by atoms with Crippen LogP contribution < -0.4 is 18.9 Å². The molecule has 6 heteroatoms. The van der Waals surface area contributed by atoms with Crippen molar-refractivity contribution in [1.82, 2.24) is 4.98 Å². The Balaban J connectivity index is 2.24. The number of aliphatic hydroxyl groups is 1. The lowest BCUT2D eigenvalue weighted by Crippen LogP contribution is -2.39. The fourth-order valence-corrected chi connectivity index (χ4v) is 2.84. The first-order chi connectivity index (χ1) is 10.9. The number of fused-ring (bicyclic) bond motifs is 2. The topological polar surface area (TPSA) is 70.0 Å². The van der Waals surface area contributed by atoms with Gasteiger partial charge in [-0.25, -0.2) is 4.98 Å². The Kier molecular flexibility index (Phi) is 3.72. The summed E-state index contributed by atoms with van der Waals surface area (Å²) in [5, 5.41) is 11.0. The van der Waals surface area contributed by atoms with Crippen molar-refractivity contribution in [1.29, 1.82) is 0 Å². The van der Waals surface area contributed by atoms with E-state index in [1.165, 1.54) is 0 Å². The van der Waals surface area contributed by atoms with Gasteiger partial charge in [0.15, 0.2) is 0 Å². The summed E-state index contributed by atoms with van der Waals surface area (Å²) in [5.74, 6) is 2.39. The van der Waals surface area contributed by atoms with Crippen molar-refractivity contribution < 1.29 is 24.1 Å². The van der Waals surface area contributed by atoms with Gasteiger partial charge in [-0.2, -0.15) is 0 Å². The number of methoxy groups -OCH3 is 3. The highest BCUT2D eigenvalue weighted by molar-refractivity contribution is 5.93. The Bertz CT molecular complexity index is 751. The van der Waals surface area contributed by atoms with Crippen molar-refractivity contribution >= 4 is 10.9 Å². The lowest BCUT2D eigenvalue weighted by Gasteiger charge is -2.24. The Morgan fingerprint density at radius 2 is 1.91 bits per heavy atom. The molecule has 0 saturated carbocycles. The molecule has 0 bridgehead atoms. The molecule has 1 aliphatic rings. The summed E-state index contributed by atoms with van der Waals surface area (Å²) >= 11 is 0. The Morgan fingerprint density at radius 3 is 2.48 bits per heavy atom. The third-order valence-corrected chi connectivity index (χ3v) is 4.13. The van der Waals surface area contributed by atoms with Crippen LogP contribution in [0.15, 0.2) is 12.1 Å². The largest absolute Gasteiger partial charge is 0.497 e. The fourth-order valence-electron chi connectivity index (χ4n) is 2.84. The number of benzene rings is 1. The Morgan fingerprint density at radius 1 is 1.17 bits per heavy atom. The average Bonchev–Trinajstić information content (AvgIpc) is 2.95. The summed E-state index contributed by atoms with van der Waals surface area (Å²) in [6.45, 7) is 3.44. The highest BCUT2D eigenvalue weighted by atomic mass is 16.5. The highest BCUT2D eigenvalue weighted by Crippen LogP contribution is 2.44. The molecule has 0 aliphatic carbocycles. The van der Waals surface area contributed by atoms with Crippen LogP contribution in [0.4, 0.5) is 0 Å². The predicted molar refractivity (Wildman–Crippen MR) is 85.8 cm³/mol. The molecule has 1 N–H and O–H groups in total. The van der Waals surface area contributed by atoms with Crippen LogP contribution >= 0.6 is 0 Å². The van der Waals surface area contributed by atoms with Gasteiger partial charge in [-0.15, -0.1) is 0 Å². The second kappa shape index (κ2) is 5.45. The van der Waals surface area contributed by atoms with E-state index in [-0.39, 0.29) is 6.10 Å². The van der Waals surface area contributed by atoms with Crippen LogP contribution in [0.1, 0.15) is 19.4 Å². The first kappa shape index (κ1) is 15.7. The molecule has 0 amide bonds. The van der Waals surface area contributed by atoms with Gasteiger partial charge < -0.3 is 24.1 Å². The summed E-state index contributed by atoms with van der Waals surface area (Å²) in [4.78, 5) is 4.58. The van der Waals surface area contributed by atoms with Gasteiger partial charge in [-0.1, -0.05) is 0 Å². The molecular weight excluding hydrogens is 298 g/mol. The van der Waals surface area contributed by atoms with Gasteiger partial charge in [0.05, 0.1) is 37.9 Å². The lowest BCUT2D eigenvalue weighted by molar-refractivity contribution is -0.0243. The van der Waals surface area contributed by atoms with Gasteiger partial charge in [0, 0.05) is 12.5 Å². The van der Waals surface area contributed by atoms with Crippen LogP contribution in [0, 0.1) is 0 Å². The second-order valence-corrected chi connectivity index (χ2v) is 6.12. The maximum absolute atomic E-state index is 10.2. The molecule has 0 fully saturated rings. The van der Waals surface area contributed by atoms with Gasteiger partial charge in [0.2, 0.25) is 5.88 Å². The standard InChI is InChI=1S/C17H21NO5/c1-17(2,19)13-8-11-15(22-5)10-6-9(20-3)7-12(21-4)14(10)18-16(11)23-13/h6-7,13,19H,8H2,1-5H3. The average molecular weight is 319 g/mol.